The molecule has 0 saturated heterocycles. The maximum atomic E-state index is 11.9. The topological polar surface area (TPSA) is 82.5 Å². The van der Waals surface area contributed by atoms with Gasteiger partial charge in [-0.3, -0.25) is 4.79 Å². The quantitative estimate of drug-likeness (QED) is 0.731. The Morgan fingerprint density at radius 3 is 3.07 bits per heavy atom. The molecule has 0 aliphatic carbocycles. The molecular weight excluding hydrogens is 192 g/mol. The second kappa shape index (κ2) is 4.89. The third-order valence-electron chi connectivity index (χ3n) is 2.75. The maximum Gasteiger partial charge on any atom is 0.261 e. The van der Waals surface area contributed by atoms with Gasteiger partial charge in [-0.1, -0.05) is 20.3 Å². The molecule has 1 amide bonds. The van der Waals surface area contributed by atoms with Crippen molar-refractivity contribution in [3.05, 3.63) is 0 Å². The maximum absolute atomic E-state index is 11.9. The van der Waals surface area contributed by atoms with Crippen molar-refractivity contribution >= 4 is 12.1 Å². The van der Waals surface area contributed by atoms with Crippen LogP contribution in [0.1, 0.15) is 26.7 Å². The minimum Gasteiger partial charge on any atom is -0.320 e. The number of rotatable bonds is 3. The molecule has 0 aromatic heterocycles. The fourth-order valence-corrected chi connectivity index (χ4v) is 1.38. The highest BCUT2D eigenvalue weighted by Gasteiger charge is 2.32. The Hall–Kier alpha value is -1.41. The van der Waals surface area contributed by atoms with E-state index in [2.05, 4.69) is 5.10 Å². The van der Waals surface area contributed by atoms with E-state index in [9.17, 15) is 4.79 Å². The number of hydrogen-bond acceptors (Lipinski definition) is 4. The summed E-state index contributed by atoms with van der Waals surface area (Å²) in [5.41, 5.74) is 5.79. The molecule has 0 saturated carbocycles. The van der Waals surface area contributed by atoms with Crippen LogP contribution in [-0.4, -0.2) is 29.2 Å². The third kappa shape index (κ3) is 2.34. The van der Waals surface area contributed by atoms with Crippen LogP contribution in [0.25, 0.3) is 0 Å². The second-order valence-electron chi connectivity index (χ2n) is 3.77. The van der Waals surface area contributed by atoms with Crippen LogP contribution >= 0.6 is 0 Å². The lowest BCUT2D eigenvalue weighted by atomic mass is 9.99. The van der Waals surface area contributed by atoms with Gasteiger partial charge in [0.05, 0.1) is 12.1 Å². The van der Waals surface area contributed by atoms with Gasteiger partial charge in [-0.15, -0.1) is 0 Å². The molecule has 0 spiro atoms. The summed E-state index contributed by atoms with van der Waals surface area (Å²) in [6, 6.07) is 0.984. The lowest BCUT2D eigenvalue weighted by molar-refractivity contribution is -0.134. The van der Waals surface area contributed by atoms with Gasteiger partial charge in [0.2, 0.25) is 0 Å². The first-order chi connectivity index (χ1) is 7.11. The number of carbonyl (C=O) groups is 1. The first kappa shape index (κ1) is 11.7. The van der Waals surface area contributed by atoms with Gasteiger partial charge in [0.15, 0.2) is 0 Å². The minimum atomic E-state index is -0.568. The molecule has 0 bridgehead atoms. The van der Waals surface area contributed by atoms with Gasteiger partial charge in [-0.2, -0.15) is 10.4 Å². The van der Waals surface area contributed by atoms with Gasteiger partial charge >= 0.3 is 0 Å². The Bertz CT molecular complexity index is 307. The highest BCUT2D eigenvalue weighted by Crippen LogP contribution is 2.15. The van der Waals surface area contributed by atoms with E-state index in [0.29, 0.717) is 6.42 Å². The second-order valence-corrected chi connectivity index (χ2v) is 3.77. The number of nitrogens with zero attached hydrogens (tertiary/aromatic N) is 3. The summed E-state index contributed by atoms with van der Waals surface area (Å²) in [6.07, 6.45) is 2.91. The first-order valence-corrected chi connectivity index (χ1v) is 5.12. The fourth-order valence-electron chi connectivity index (χ4n) is 1.38. The van der Waals surface area contributed by atoms with E-state index >= 15 is 0 Å². The smallest absolute Gasteiger partial charge is 0.261 e. The minimum absolute atomic E-state index is 0.104. The van der Waals surface area contributed by atoms with Crippen LogP contribution in [0.15, 0.2) is 5.10 Å². The first-order valence-electron chi connectivity index (χ1n) is 5.12. The molecule has 82 valence electrons. The van der Waals surface area contributed by atoms with Crippen molar-refractivity contribution in [1.29, 1.82) is 5.26 Å². The Morgan fingerprint density at radius 2 is 2.53 bits per heavy atom. The van der Waals surface area contributed by atoms with Gasteiger partial charge in [-0.05, 0) is 5.92 Å². The zero-order chi connectivity index (χ0) is 11.4. The lowest BCUT2D eigenvalue weighted by Gasteiger charge is -2.23. The van der Waals surface area contributed by atoms with E-state index in [1.807, 2.05) is 19.9 Å². The van der Waals surface area contributed by atoms with Crippen LogP contribution in [0.4, 0.5) is 0 Å². The number of hydrazone groups is 1. The molecule has 5 heteroatoms. The van der Waals surface area contributed by atoms with Gasteiger partial charge < -0.3 is 5.73 Å². The highest BCUT2D eigenvalue weighted by molar-refractivity contribution is 5.84. The summed E-state index contributed by atoms with van der Waals surface area (Å²) in [4.78, 5) is 11.9. The van der Waals surface area contributed by atoms with E-state index in [0.717, 1.165) is 6.42 Å². The Labute approximate surface area is 89.5 Å². The third-order valence-corrected chi connectivity index (χ3v) is 2.75. The van der Waals surface area contributed by atoms with Gasteiger partial charge in [0.1, 0.15) is 6.04 Å². The molecule has 0 radical (unpaired) electrons. The van der Waals surface area contributed by atoms with E-state index in [-0.39, 0.29) is 11.8 Å². The zero-order valence-corrected chi connectivity index (χ0v) is 9.05. The Morgan fingerprint density at radius 1 is 1.87 bits per heavy atom. The molecule has 0 aromatic carbocycles. The molecule has 0 fully saturated rings. The Kier molecular flexibility index (Phi) is 3.81. The number of amides is 1. The normalized spacial score (nSPS) is 23.6. The molecule has 15 heavy (non-hydrogen) atoms. The SMILES string of the molecule is CCC(C)[C@@H](N)C(=O)N1N=CCC1C#N. The van der Waals surface area contributed by atoms with Crippen molar-refractivity contribution in [2.45, 2.75) is 38.8 Å². The van der Waals surface area contributed by atoms with Crippen molar-refractivity contribution in [1.82, 2.24) is 5.01 Å². The average molecular weight is 208 g/mol. The summed E-state index contributed by atoms with van der Waals surface area (Å²) in [7, 11) is 0. The van der Waals surface area contributed by atoms with Gasteiger partial charge in [0, 0.05) is 12.6 Å². The monoisotopic (exact) mass is 208 g/mol. The molecular formula is C10H16N4O. The van der Waals surface area contributed by atoms with Gasteiger partial charge in [0.25, 0.3) is 5.91 Å². The molecule has 2 unspecified atom stereocenters. The molecule has 1 aliphatic rings. The van der Waals surface area contributed by atoms with Crippen molar-refractivity contribution < 1.29 is 4.79 Å². The van der Waals surface area contributed by atoms with Crippen LogP contribution in [-0.2, 0) is 4.79 Å². The molecule has 1 rings (SSSR count). The van der Waals surface area contributed by atoms with Crippen molar-refractivity contribution in [3.8, 4) is 6.07 Å². The largest absolute Gasteiger partial charge is 0.320 e. The molecule has 5 nitrogen and oxygen atoms in total. The summed E-state index contributed by atoms with van der Waals surface area (Å²) in [5, 5.41) is 13.9. The summed E-state index contributed by atoms with van der Waals surface area (Å²) in [6.45, 7) is 3.90. The zero-order valence-electron chi connectivity index (χ0n) is 9.05. The number of nitrogens with two attached hydrogens (primary N) is 1. The van der Waals surface area contributed by atoms with Crippen LogP contribution in [0.2, 0.25) is 0 Å². The van der Waals surface area contributed by atoms with E-state index in [1.165, 1.54) is 5.01 Å². The molecule has 1 aliphatic heterocycles. The van der Waals surface area contributed by atoms with Gasteiger partial charge in [-0.25, -0.2) is 5.01 Å². The Balaban J connectivity index is 2.68. The van der Waals surface area contributed by atoms with Crippen LogP contribution in [0.3, 0.4) is 0 Å². The number of nitriles is 1. The number of hydrogen-bond donors (Lipinski definition) is 1. The predicted octanol–water partition coefficient (Wildman–Crippen LogP) is 0.470. The highest BCUT2D eigenvalue weighted by atomic mass is 16.2. The van der Waals surface area contributed by atoms with E-state index in [4.69, 9.17) is 11.0 Å². The standard InChI is InChI=1S/C10H16N4O/c1-3-7(2)9(12)10(15)14-8(6-11)4-5-13-14/h5,7-9H,3-4,12H2,1-2H3/t7?,8?,9-/m1/s1. The van der Waals surface area contributed by atoms with Crippen LogP contribution in [0, 0.1) is 17.2 Å². The fraction of sp³-hybridized carbons (Fsp3) is 0.700. The van der Waals surface area contributed by atoms with Crippen molar-refractivity contribution in [2.24, 2.45) is 16.8 Å². The average Bonchev–Trinajstić information content (AvgIpc) is 2.73. The molecule has 3 atom stereocenters. The predicted molar refractivity (Wildman–Crippen MR) is 56.8 cm³/mol. The molecule has 0 aromatic rings. The number of carbonyl (C=O) groups excluding carboxylic acids is 1. The van der Waals surface area contributed by atoms with E-state index < -0.39 is 12.1 Å². The lowest BCUT2D eigenvalue weighted by Crippen LogP contribution is -2.46. The molecule has 2 N–H and O–H groups in total. The van der Waals surface area contributed by atoms with Crippen LogP contribution in [0.5, 0.6) is 0 Å². The van der Waals surface area contributed by atoms with Crippen molar-refractivity contribution in [2.75, 3.05) is 0 Å². The summed E-state index contributed by atoms with van der Waals surface area (Å²) >= 11 is 0. The van der Waals surface area contributed by atoms with E-state index in [1.54, 1.807) is 6.21 Å². The summed E-state index contributed by atoms with van der Waals surface area (Å²) < 4.78 is 0. The summed E-state index contributed by atoms with van der Waals surface area (Å²) in [5.74, 6) is -0.155. The van der Waals surface area contributed by atoms with Crippen LogP contribution < -0.4 is 5.73 Å². The molecule has 1 heterocycles. The van der Waals surface area contributed by atoms with Crippen molar-refractivity contribution in [3.63, 3.8) is 0 Å².